The van der Waals surface area contributed by atoms with Crippen molar-refractivity contribution in [3.63, 3.8) is 0 Å². The number of alkyl halides is 2. The number of rotatable bonds is 2. The van der Waals surface area contributed by atoms with Gasteiger partial charge in [0.15, 0.2) is 0 Å². The van der Waals surface area contributed by atoms with Crippen LogP contribution in [-0.2, 0) is 19.1 Å². The van der Waals surface area contributed by atoms with Gasteiger partial charge in [0.05, 0.1) is 25.0 Å². The first-order valence-electron chi connectivity index (χ1n) is 10.9. The van der Waals surface area contributed by atoms with Crippen molar-refractivity contribution in [1.29, 1.82) is 0 Å². The molecule has 8 saturated carbocycles. The summed E-state index contributed by atoms with van der Waals surface area (Å²) in [6.45, 7) is 0. The third kappa shape index (κ3) is 1.26. The van der Waals surface area contributed by atoms with Gasteiger partial charge in [-0.25, -0.2) is 0 Å². The Hall–Kier alpha value is -0.480. The minimum absolute atomic E-state index is 0.123. The molecule has 14 unspecified atom stereocenters. The quantitative estimate of drug-likeness (QED) is 0.503. The third-order valence-corrected chi connectivity index (χ3v) is 12.1. The van der Waals surface area contributed by atoms with Gasteiger partial charge in [-0.3, -0.25) is 9.59 Å². The van der Waals surface area contributed by atoms with Crippen LogP contribution in [0.3, 0.4) is 0 Å². The first-order chi connectivity index (χ1) is 13.5. The van der Waals surface area contributed by atoms with E-state index in [1.54, 1.807) is 0 Å². The van der Waals surface area contributed by atoms with E-state index in [4.69, 9.17) is 32.7 Å². The molecule has 0 N–H and O–H groups in total. The molecule has 0 saturated heterocycles. The normalized spacial score (nSPS) is 65.9. The summed E-state index contributed by atoms with van der Waals surface area (Å²) in [6.07, 6.45) is 4.15. The van der Waals surface area contributed by atoms with E-state index in [9.17, 15) is 9.59 Å². The second-order valence-corrected chi connectivity index (χ2v) is 11.8. The van der Waals surface area contributed by atoms with Crippen LogP contribution in [0, 0.1) is 70.0 Å². The number of methoxy groups -OCH3 is 2. The maximum atomic E-state index is 13.7. The lowest BCUT2D eigenvalue weighted by Crippen LogP contribution is -2.66. The zero-order chi connectivity index (χ0) is 19.3. The molecule has 0 heterocycles. The highest BCUT2D eigenvalue weighted by Crippen LogP contribution is 2.97. The highest BCUT2D eigenvalue weighted by molar-refractivity contribution is 6.21. The summed E-state index contributed by atoms with van der Waals surface area (Å²) in [5, 5.41) is 0.246. The molecule has 8 rings (SSSR count). The lowest BCUT2D eigenvalue weighted by atomic mass is 9.43. The number of carbonyl (C=O) groups excluding carboxylic acids is 2. The summed E-state index contributed by atoms with van der Waals surface area (Å²) in [7, 11) is 2.99. The van der Waals surface area contributed by atoms with Crippen molar-refractivity contribution < 1.29 is 19.1 Å². The van der Waals surface area contributed by atoms with E-state index in [1.807, 2.05) is 0 Å². The molecule has 6 heteroatoms. The molecule has 0 spiro atoms. The maximum Gasteiger partial charge on any atom is 0.313 e. The van der Waals surface area contributed by atoms with Gasteiger partial charge in [-0.15, -0.1) is 23.2 Å². The minimum atomic E-state index is -0.722. The zero-order valence-electron chi connectivity index (χ0n) is 16.1. The monoisotopic (exact) mass is 424 g/mol. The second-order valence-electron chi connectivity index (χ2n) is 10.6. The molecule has 0 radical (unpaired) electrons. The number of hydrogen-bond acceptors (Lipinski definition) is 4. The standard InChI is InChI=1S/C22H26Cl2O4/c1-27-19(25)21-15-7-3-5-10(24)12(7)18-13(15)14-16(22(18,21)20(26)28-2)8-4-6-9(23)11(8)17(14)21/h7-18H,3-6H2,1-2H3. The van der Waals surface area contributed by atoms with E-state index in [1.165, 1.54) is 14.2 Å². The molecule has 8 fully saturated rings. The Balaban J connectivity index is 1.53. The van der Waals surface area contributed by atoms with Crippen LogP contribution in [0.4, 0.5) is 0 Å². The molecule has 4 nitrogen and oxygen atoms in total. The van der Waals surface area contributed by atoms with E-state index in [-0.39, 0.29) is 46.4 Å². The predicted molar refractivity (Wildman–Crippen MR) is 102 cm³/mol. The first kappa shape index (κ1) is 17.2. The van der Waals surface area contributed by atoms with Gasteiger partial charge in [0, 0.05) is 10.8 Å². The summed E-state index contributed by atoms with van der Waals surface area (Å²) < 4.78 is 11.0. The van der Waals surface area contributed by atoms with Gasteiger partial charge in [-0.2, -0.15) is 0 Å². The summed E-state index contributed by atoms with van der Waals surface area (Å²) in [5.41, 5.74) is -1.44. The highest BCUT2D eigenvalue weighted by Gasteiger charge is 3.01. The molecule has 0 aliphatic heterocycles. The minimum Gasteiger partial charge on any atom is -0.469 e. The van der Waals surface area contributed by atoms with Crippen molar-refractivity contribution in [3.05, 3.63) is 0 Å². The summed E-state index contributed by atoms with van der Waals surface area (Å²) in [5.74, 6) is 3.01. The number of halogens is 2. The fourth-order valence-electron chi connectivity index (χ4n) is 11.6. The first-order valence-corrected chi connectivity index (χ1v) is 11.8. The molecule has 152 valence electrons. The Bertz CT molecular complexity index is 750. The SMILES string of the molecule is COC(=O)C12C3C4CCC(Cl)C4C4C3C3C(C5CCC(Cl)C5C31)C42C(=O)OC. The fourth-order valence-corrected chi connectivity index (χ4v) is 12.5. The summed E-state index contributed by atoms with van der Waals surface area (Å²) in [6, 6.07) is 0. The number of ether oxygens (including phenoxy) is 2. The van der Waals surface area contributed by atoms with Crippen LogP contribution in [0.15, 0.2) is 0 Å². The molecule has 0 amide bonds. The average molecular weight is 425 g/mol. The molecule has 14 atom stereocenters. The van der Waals surface area contributed by atoms with Crippen molar-refractivity contribution in [2.24, 2.45) is 70.0 Å². The van der Waals surface area contributed by atoms with Crippen LogP contribution in [0.1, 0.15) is 25.7 Å². The second kappa shape index (κ2) is 4.88. The van der Waals surface area contributed by atoms with E-state index in [2.05, 4.69) is 0 Å². The van der Waals surface area contributed by atoms with Crippen molar-refractivity contribution in [3.8, 4) is 0 Å². The van der Waals surface area contributed by atoms with E-state index >= 15 is 0 Å². The van der Waals surface area contributed by atoms with Crippen LogP contribution >= 0.6 is 23.2 Å². The van der Waals surface area contributed by atoms with Crippen molar-refractivity contribution >= 4 is 35.1 Å². The number of fused-ring (bicyclic) bond motifs is 2. The molecular formula is C22H26Cl2O4. The van der Waals surface area contributed by atoms with Gasteiger partial charge in [-0.05, 0) is 84.9 Å². The molecule has 8 aliphatic rings. The van der Waals surface area contributed by atoms with Crippen LogP contribution in [0.25, 0.3) is 0 Å². The Labute approximate surface area is 175 Å². The Morgan fingerprint density at radius 2 is 1.07 bits per heavy atom. The Kier molecular flexibility index (Phi) is 3.00. The van der Waals surface area contributed by atoms with Gasteiger partial charge >= 0.3 is 11.9 Å². The lowest BCUT2D eigenvalue weighted by molar-refractivity contribution is -0.208. The van der Waals surface area contributed by atoms with Gasteiger partial charge in [0.1, 0.15) is 0 Å². The number of hydrogen-bond donors (Lipinski definition) is 0. The number of carbonyl (C=O) groups is 2. The summed E-state index contributed by atoms with van der Waals surface area (Å²) >= 11 is 13.7. The van der Waals surface area contributed by atoms with Crippen LogP contribution in [0.5, 0.6) is 0 Å². The van der Waals surface area contributed by atoms with Crippen molar-refractivity contribution in [2.45, 2.75) is 36.4 Å². The van der Waals surface area contributed by atoms with Crippen LogP contribution < -0.4 is 0 Å². The molecule has 0 aromatic rings. The number of esters is 2. The van der Waals surface area contributed by atoms with Gasteiger partial charge in [0.25, 0.3) is 0 Å². The highest BCUT2D eigenvalue weighted by atomic mass is 35.5. The largest absolute Gasteiger partial charge is 0.469 e. The molecule has 8 aliphatic carbocycles. The van der Waals surface area contributed by atoms with Gasteiger partial charge in [-0.1, -0.05) is 0 Å². The fraction of sp³-hybridized carbons (Fsp3) is 0.909. The van der Waals surface area contributed by atoms with Crippen molar-refractivity contribution in [1.82, 2.24) is 0 Å². The Morgan fingerprint density at radius 3 is 1.43 bits per heavy atom. The molecule has 0 aromatic carbocycles. The topological polar surface area (TPSA) is 52.6 Å². The third-order valence-electron chi connectivity index (χ3n) is 11.1. The van der Waals surface area contributed by atoms with Crippen LogP contribution in [-0.4, -0.2) is 36.9 Å². The smallest absolute Gasteiger partial charge is 0.313 e. The predicted octanol–water partition coefficient (Wildman–Crippen LogP) is 3.34. The van der Waals surface area contributed by atoms with E-state index in [0.717, 1.165) is 25.7 Å². The average Bonchev–Trinajstić information content (AvgIpc) is 3.49. The van der Waals surface area contributed by atoms with E-state index < -0.39 is 10.8 Å². The summed E-state index contributed by atoms with van der Waals surface area (Å²) in [4.78, 5) is 27.4. The lowest BCUT2D eigenvalue weighted by Gasteiger charge is -2.58. The Morgan fingerprint density at radius 1 is 0.679 bits per heavy atom. The van der Waals surface area contributed by atoms with Crippen molar-refractivity contribution in [2.75, 3.05) is 14.2 Å². The van der Waals surface area contributed by atoms with Gasteiger partial charge in [0.2, 0.25) is 0 Å². The molecular weight excluding hydrogens is 399 g/mol. The maximum absolute atomic E-state index is 13.7. The molecule has 8 bridgehead atoms. The molecule has 28 heavy (non-hydrogen) atoms. The van der Waals surface area contributed by atoms with E-state index in [0.29, 0.717) is 35.5 Å². The van der Waals surface area contributed by atoms with Gasteiger partial charge < -0.3 is 9.47 Å². The molecule has 0 aromatic heterocycles. The zero-order valence-corrected chi connectivity index (χ0v) is 17.7. The van der Waals surface area contributed by atoms with Crippen LogP contribution in [0.2, 0.25) is 0 Å².